The molecule has 0 spiro atoms. The Bertz CT molecular complexity index is 1780. The summed E-state index contributed by atoms with van der Waals surface area (Å²) >= 11 is 0. The Morgan fingerprint density at radius 1 is 0.771 bits per heavy atom. The largest absolute Gasteiger partial charge is 0.456 e. The van der Waals surface area contributed by atoms with E-state index in [9.17, 15) is 14.4 Å². The number of nitrogens with one attached hydrogen (secondary N) is 2. The predicted molar refractivity (Wildman–Crippen MR) is 182 cm³/mol. The molecule has 1 aliphatic rings. The second-order valence-electron chi connectivity index (χ2n) is 13.2. The molecule has 2 amide bonds. The van der Waals surface area contributed by atoms with Crippen LogP contribution in [0.4, 0.5) is 27.9 Å². The Labute approximate surface area is 279 Å². The minimum Gasteiger partial charge on any atom is -0.456 e. The van der Waals surface area contributed by atoms with Crippen molar-refractivity contribution in [1.29, 1.82) is 0 Å². The Morgan fingerprint density at radius 3 is 2.19 bits per heavy atom. The average molecular weight is 653 g/mol. The molecule has 0 aliphatic carbocycles. The lowest BCUT2D eigenvalue weighted by Crippen LogP contribution is -2.50. The van der Waals surface area contributed by atoms with Crippen LogP contribution >= 0.6 is 0 Å². The molecule has 1 aromatic carbocycles. The second kappa shape index (κ2) is 14.0. The highest BCUT2D eigenvalue weighted by molar-refractivity contribution is 6.06. The zero-order valence-corrected chi connectivity index (χ0v) is 28.0. The summed E-state index contributed by atoms with van der Waals surface area (Å²) in [5, 5.41) is 6.09. The average Bonchev–Trinajstić information content (AvgIpc) is 3.04. The molecule has 5 rings (SSSR count). The number of esters is 1. The summed E-state index contributed by atoms with van der Waals surface area (Å²) in [6.45, 7) is 13.1. The van der Waals surface area contributed by atoms with Crippen LogP contribution in [0.1, 0.15) is 62.3 Å². The molecular formula is C35H40N8O5. The summed E-state index contributed by atoms with van der Waals surface area (Å²) in [4.78, 5) is 60.2. The number of hydrogen-bond acceptors (Lipinski definition) is 11. The summed E-state index contributed by atoms with van der Waals surface area (Å²) in [5.41, 5.74) is 1.12. The highest BCUT2D eigenvalue weighted by Gasteiger charge is 2.26. The highest BCUT2D eigenvalue weighted by Crippen LogP contribution is 2.28. The molecule has 0 bridgehead atoms. The first-order valence-corrected chi connectivity index (χ1v) is 15.6. The zero-order chi connectivity index (χ0) is 34.5. The zero-order valence-electron chi connectivity index (χ0n) is 28.0. The van der Waals surface area contributed by atoms with Gasteiger partial charge in [0.05, 0.1) is 17.5 Å². The topological polar surface area (TPSA) is 152 Å². The molecule has 0 unspecified atom stereocenters. The van der Waals surface area contributed by atoms with E-state index in [4.69, 9.17) is 14.5 Å². The van der Waals surface area contributed by atoms with Gasteiger partial charge in [0.25, 0.3) is 5.91 Å². The number of hydrogen-bond donors (Lipinski definition) is 2. The van der Waals surface area contributed by atoms with Gasteiger partial charge in [-0.15, -0.1) is 0 Å². The summed E-state index contributed by atoms with van der Waals surface area (Å²) in [7, 11) is 0. The van der Waals surface area contributed by atoms with Crippen molar-refractivity contribution in [2.24, 2.45) is 0 Å². The minimum atomic E-state index is -0.670. The number of anilines is 4. The van der Waals surface area contributed by atoms with Crippen LogP contribution in [0, 0.1) is 0 Å². The fourth-order valence-electron chi connectivity index (χ4n) is 4.83. The fraction of sp³-hybridized carbons (Fsp3) is 0.343. The summed E-state index contributed by atoms with van der Waals surface area (Å²) < 4.78 is 11.0. The number of nitrogens with zero attached hydrogens (tertiary/aromatic N) is 6. The SMILES string of the molecule is CC(C)(C)OC(=O)c1cccc(C(=O)Nc2cc(Nc3cnccn3)nc(-c3ccnc(N4CCN(C(=O)OC(C)(C)C)CC4)c3)c2)c1. The van der Waals surface area contributed by atoms with Gasteiger partial charge in [0.2, 0.25) is 0 Å². The van der Waals surface area contributed by atoms with Gasteiger partial charge in [-0.05, 0) is 77.9 Å². The molecule has 0 atom stereocenters. The maximum Gasteiger partial charge on any atom is 0.410 e. The van der Waals surface area contributed by atoms with Crippen molar-refractivity contribution in [2.75, 3.05) is 41.7 Å². The smallest absolute Gasteiger partial charge is 0.410 e. The number of benzene rings is 1. The van der Waals surface area contributed by atoms with Crippen molar-refractivity contribution in [3.63, 3.8) is 0 Å². The van der Waals surface area contributed by atoms with Gasteiger partial charge in [-0.2, -0.15) is 0 Å². The van der Waals surface area contributed by atoms with E-state index in [1.54, 1.807) is 80.8 Å². The van der Waals surface area contributed by atoms with E-state index in [0.717, 1.165) is 11.4 Å². The van der Waals surface area contributed by atoms with E-state index in [0.29, 0.717) is 49.2 Å². The molecule has 1 aliphatic heterocycles. The van der Waals surface area contributed by atoms with Crippen LogP contribution in [-0.2, 0) is 9.47 Å². The third-order valence-corrected chi connectivity index (χ3v) is 6.96. The number of aromatic nitrogens is 4. The van der Waals surface area contributed by atoms with Crippen molar-refractivity contribution in [3.05, 3.63) is 84.4 Å². The van der Waals surface area contributed by atoms with Gasteiger partial charge < -0.3 is 29.9 Å². The Balaban J connectivity index is 1.38. The van der Waals surface area contributed by atoms with Crippen molar-refractivity contribution < 1.29 is 23.9 Å². The van der Waals surface area contributed by atoms with E-state index < -0.39 is 23.1 Å². The standard InChI is InChI=1S/C35H40N8O5/c1-34(2,3)47-32(45)25-9-7-8-24(18-25)31(44)39-26-20-27(40-28(21-26)41-29-22-36-12-13-37-29)23-10-11-38-30(19-23)42-14-16-43(17-15-42)33(46)48-35(4,5)6/h7-13,18-22H,14-17H2,1-6H3,(H2,37,39,40,41,44). The van der Waals surface area contributed by atoms with Crippen LogP contribution in [0.15, 0.2) is 73.3 Å². The third-order valence-electron chi connectivity index (χ3n) is 6.96. The maximum atomic E-state index is 13.4. The van der Waals surface area contributed by atoms with Gasteiger partial charge in [-0.25, -0.2) is 24.5 Å². The molecule has 0 radical (unpaired) electrons. The molecule has 13 nitrogen and oxygen atoms in total. The Kier molecular flexibility index (Phi) is 9.87. The number of carbonyl (C=O) groups excluding carboxylic acids is 3. The van der Waals surface area contributed by atoms with Crippen LogP contribution in [0.5, 0.6) is 0 Å². The third kappa shape index (κ3) is 9.24. The summed E-state index contributed by atoms with van der Waals surface area (Å²) in [6.07, 6.45) is 6.07. The lowest BCUT2D eigenvalue weighted by atomic mass is 10.1. The van der Waals surface area contributed by atoms with Crippen molar-refractivity contribution in [3.8, 4) is 11.3 Å². The molecule has 3 aromatic heterocycles. The first-order chi connectivity index (χ1) is 22.7. The number of carbonyl (C=O) groups is 3. The molecule has 48 heavy (non-hydrogen) atoms. The van der Waals surface area contributed by atoms with Gasteiger partial charge in [0.1, 0.15) is 28.7 Å². The molecule has 1 fully saturated rings. The lowest BCUT2D eigenvalue weighted by Gasteiger charge is -2.36. The molecule has 250 valence electrons. The summed E-state index contributed by atoms with van der Waals surface area (Å²) in [6, 6.07) is 13.6. The number of piperazine rings is 1. The van der Waals surface area contributed by atoms with Gasteiger partial charge in [-0.1, -0.05) is 6.07 Å². The fourth-order valence-corrected chi connectivity index (χ4v) is 4.83. The first kappa shape index (κ1) is 33.8. The number of pyridine rings is 2. The quantitative estimate of drug-likeness (QED) is 0.228. The van der Waals surface area contributed by atoms with Crippen LogP contribution in [0.2, 0.25) is 0 Å². The Hall–Kier alpha value is -5.59. The molecule has 1 saturated heterocycles. The van der Waals surface area contributed by atoms with Crippen LogP contribution in [0.25, 0.3) is 11.3 Å². The highest BCUT2D eigenvalue weighted by atomic mass is 16.6. The lowest BCUT2D eigenvalue weighted by molar-refractivity contribution is 0.00687. The van der Waals surface area contributed by atoms with E-state index in [-0.39, 0.29) is 17.2 Å². The van der Waals surface area contributed by atoms with Crippen molar-refractivity contribution >= 4 is 41.1 Å². The second-order valence-corrected chi connectivity index (χ2v) is 13.2. The van der Waals surface area contributed by atoms with Crippen LogP contribution < -0.4 is 15.5 Å². The minimum absolute atomic E-state index is 0.272. The molecule has 2 N–H and O–H groups in total. The number of rotatable bonds is 7. The van der Waals surface area contributed by atoms with Gasteiger partial charge in [0.15, 0.2) is 0 Å². The number of ether oxygens (including phenoxy) is 2. The molecule has 13 heteroatoms. The maximum absolute atomic E-state index is 13.4. The molecule has 0 saturated carbocycles. The van der Waals surface area contributed by atoms with Gasteiger partial charge in [-0.3, -0.25) is 9.78 Å². The van der Waals surface area contributed by atoms with E-state index >= 15 is 0 Å². The predicted octanol–water partition coefficient (Wildman–Crippen LogP) is 5.94. The van der Waals surface area contributed by atoms with Crippen LogP contribution in [0.3, 0.4) is 0 Å². The van der Waals surface area contributed by atoms with E-state index in [2.05, 4.69) is 30.5 Å². The Morgan fingerprint density at radius 2 is 1.50 bits per heavy atom. The van der Waals surface area contributed by atoms with Crippen LogP contribution in [-0.4, -0.2) is 80.2 Å². The van der Waals surface area contributed by atoms with Crippen molar-refractivity contribution in [1.82, 2.24) is 24.8 Å². The molecular weight excluding hydrogens is 612 g/mol. The van der Waals surface area contributed by atoms with Gasteiger partial charge >= 0.3 is 12.1 Å². The number of amides is 2. The van der Waals surface area contributed by atoms with E-state index in [1.807, 2.05) is 32.9 Å². The van der Waals surface area contributed by atoms with Gasteiger partial charge in [0, 0.05) is 67.7 Å². The normalized spacial score (nSPS) is 13.5. The molecule has 4 heterocycles. The van der Waals surface area contributed by atoms with Crippen molar-refractivity contribution in [2.45, 2.75) is 52.7 Å². The summed E-state index contributed by atoms with van der Waals surface area (Å²) in [5.74, 6) is 0.702. The monoisotopic (exact) mass is 652 g/mol. The van der Waals surface area contributed by atoms with E-state index in [1.165, 1.54) is 6.07 Å². The molecule has 4 aromatic rings. The first-order valence-electron chi connectivity index (χ1n) is 15.6.